The molecule has 2 aliphatic heterocycles. The van der Waals surface area contributed by atoms with Crippen molar-refractivity contribution < 1.29 is 14.3 Å². The first-order valence-electron chi connectivity index (χ1n) is 7.51. The number of rotatable bonds is 4. The van der Waals surface area contributed by atoms with E-state index in [1.807, 2.05) is 12.1 Å². The highest BCUT2D eigenvalue weighted by Gasteiger charge is 2.35. The van der Waals surface area contributed by atoms with Crippen LogP contribution in [0.4, 0.5) is 5.69 Å². The lowest BCUT2D eigenvalue weighted by Gasteiger charge is -2.26. The molecule has 2 heterocycles. The number of hydrogen-bond donors (Lipinski definition) is 2. The van der Waals surface area contributed by atoms with Gasteiger partial charge in [0.15, 0.2) is 0 Å². The summed E-state index contributed by atoms with van der Waals surface area (Å²) in [4.78, 5) is 12.5. The molecule has 0 radical (unpaired) electrons. The second-order valence-corrected chi connectivity index (χ2v) is 5.74. The lowest BCUT2D eigenvalue weighted by atomic mass is 9.98. The maximum absolute atomic E-state index is 12.5. The minimum Gasteiger partial charge on any atom is -0.384 e. The second kappa shape index (κ2) is 6.03. The van der Waals surface area contributed by atoms with Gasteiger partial charge in [-0.25, -0.2) is 0 Å². The number of methoxy groups -OCH3 is 1. The second-order valence-electron chi connectivity index (χ2n) is 5.74. The number of fused-ring (bicyclic) bond motifs is 1. The summed E-state index contributed by atoms with van der Waals surface area (Å²) in [6.07, 6.45) is 2.95. The van der Waals surface area contributed by atoms with Crippen molar-refractivity contribution in [3.63, 3.8) is 0 Å². The van der Waals surface area contributed by atoms with Gasteiger partial charge in [0, 0.05) is 33.2 Å². The van der Waals surface area contributed by atoms with Crippen molar-refractivity contribution in [2.75, 3.05) is 38.7 Å². The van der Waals surface area contributed by atoms with Gasteiger partial charge in [-0.15, -0.1) is 0 Å². The monoisotopic (exact) mass is 290 g/mol. The molecule has 1 unspecified atom stereocenters. The Kier molecular flexibility index (Phi) is 4.12. The number of ether oxygens (including phenoxy) is 2. The van der Waals surface area contributed by atoms with Gasteiger partial charge in [-0.2, -0.15) is 0 Å². The van der Waals surface area contributed by atoms with Crippen molar-refractivity contribution in [2.45, 2.75) is 24.9 Å². The molecule has 2 N–H and O–H groups in total. The number of amides is 1. The summed E-state index contributed by atoms with van der Waals surface area (Å²) in [5.41, 5.74) is 2.55. The largest absolute Gasteiger partial charge is 0.384 e. The summed E-state index contributed by atoms with van der Waals surface area (Å²) in [5, 5.41) is 6.35. The van der Waals surface area contributed by atoms with E-state index < -0.39 is 0 Å². The standard InChI is InChI=1S/C16H22N2O3/c1-20-16(7-9-21-11-16)10-18-15(19)13-6-2-4-12-5-3-8-17-14(12)13/h2,4,6,17H,3,5,7-11H2,1H3,(H,18,19). The fraction of sp³-hybridized carbons (Fsp3) is 0.562. The molecule has 0 saturated carbocycles. The molecule has 1 aromatic rings. The Labute approximate surface area is 125 Å². The summed E-state index contributed by atoms with van der Waals surface area (Å²) in [5.74, 6) is -0.0513. The molecule has 1 saturated heterocycles. The SMILES string of the molecule is COC1(CNC(=O)c2cccc3c2NCCC3)CCOC1. The lowest BCUT2D eigenvalue weighted by Crippen LogP contribution is -2.45. The first kappa shape index (κ1) is 14.4. The number of carbonyl (C=O) groups is 1. The molecule has 1 fully saturated rings. The van der Waals surface area contributed by atoms with Crippen LogP contribution < -0.4 is 10.6 Å². The van der Waals surface area contributed by atoms with E-state index in [1.54, 1.807) is 7.11 Å². The van der Waals surface area contributed by atoms with E-state index >= 15 is 0 Å². The van der Waals surface area contributed by atoms with Crippen molar-refractivity contribution >= 4 is 11.6 Å². The van der Waals surface area contributed by atoms with Gasteiger partial charge in [0.05, 0.1) is 17.9 Å². The minimum absolute atomic E-state index is 0.0513. The Hall–Kier alpha value is -1.59. The summed E-state index contributed by atoms with van der Waals surface area (Å²) in [7, 11) is 1.67. The number of aryl methyl sites for hydroxylation is 1. The quantitative estimate of drug-likeness (QED) is 0.884. The van der Waals surface area contributed by atoms with Gasteiger partial charge >= 0.3 is 0 Å². The van der Waals surface area contributed by atoms with Crippen LogP contribution in [0, 0.1) is 0 Å². The van der Waals surface area contributed by atoms with E-state index in [9.17, 15) is 4.79 Å². The van der Waals surface area contributed by atoms with E-state index in [-0.39, 0.29) is 11.5 Å². The average Bonchev–Trinajstić information content (AvgIpc) is 3.01. The fourth-order valence-electron chi connectivity index (χ4n) is 3.00. The van der Waals surface area contributed by atoms with Gasteiger partial charge in [-0.1, -0.05) is 12.1 Å². The normalized spacial score (nSPS) is 24.2. The van der Waals surface area contributed by atoms with Crippen LogP contribution in [0.2, 0.25) is 0 Å². The van der Waals surface area contributed by atoms with Crippen LogP contribution in [0.25, 0.3) is 0 Å². The third-order valence-electron chi connectivity index (χ3n) is 4.39. The zero-order valence-corrected chi connectivity index (χ0v) is 12.4. The van der Waals surface area contributed by atoms with Crippen LogP contribution in [0.3, 0.4) is 0 Å². The third kappa shape index (κ3) is 2.89. The van der Waals surface area contributed by atoms with Crippen LogP contribution in [0.1, 0.15) is 28.8 Å². The molecule has 1 atom stereocenters. The number of benzene rings is 1. The Bertz CT molecular complexity index is 524. The number of nitrogens with one attached hydrogen (secondary N) is 2. The summed E-state index contributed by atoms with van der Waals surface area (Å²) in [6.45, 7) is 2.63. The van der Waals surface area contributed by atoms with Gasteiger partial charge in [0.1, 0.15) is 5.60 Å². The van der Waals surface area contributed by atoms with Crippen LogP contribution in [-0.4, -0.2) is 44.9 Å². The predicted octanol–water partition coefficient (Wildman–Crippen LogP) is 1.58. The first-order chi connectivity index (χ1) is 10.2. The average molecular weight is 290 g/mol. The van der Waals surface area contributed by atoms with Crippen molar-refractivity contribution in [1.82, 2.24) is 5.32 Å². The summed E-state index contributed by atoms with van der Waals surface area (Å²) < 4.78 is 10.9. The summed E-state index contributed by atoms with van der Waals surface area (Å²) >= 11 is 0. The first-order valence-corrected chi connectivity index (χ1v) is 7.51. The minimum atomic E-state index is -0.377. The van der Waals surface area contributed by atoms with E-state index in [1.165, 1.54) is 5.56 Å². The van der Waals surface area contributed by atoms with E-state index in [0.29, 0.717) is 19.8 Å². The molecule has 0 spiro atoms. The zero-order chi connectivity index (χ0) is 14.7. The Morgan fingerprint density at radius 3 is 3.19 bits per heavy atom. The number of carbonyl (C=O) groups excluding carboxylic acids is 1. The van der Waals surface area contributed by atoms with Crippen LogP contribution in [-0.2, 0) is 15.9 Å². The maximum Gasteiger partial charge on any atom is 0.253 e. The fourth-order valence-corrected chi connectivity index (χ4v) is 3.00. The topological polar surface area (TPSA) is 59.6 Å². The highest BCUT2D eigenvalue weighted by molar-refractivity contribution is 6.00. The van der Waals surface area contributed by atoms with E-state index in [4.69, 9.17) is 9.47 Å². The molecule has 114 valence electrons. The van der Waals surface area contributed by atoms with E-state index in [2.05, 4.69) is 16.7 Å². The Morgan fingerprint density at radius 1 is 1.52 bits per heavy atom. The zero-order valence-electron chi connectivity index (χ0n) is 12.4. The van der Waals surface area contributed by atoms with Gasteiger partial charge in [0.25, 0.3) is 5.91 Å². The van der Waals surface area contributed by atoms with Crippen LogP contribution in [0.5, 0.6) is 0 Å². The third-order valence-corrected chi connectivity index (χ3v) is 4.39. The molecule has 2 aliphatic rings. The molecule has 0 bridgehead atoms. The van der Waals surface area contributed by atoms with Gasteiger partial charge in [-0.05, 0) is 24.5 Å². The smallest absolute Gasteiger partial charge is 0.253 e. The molecule has 3 rings (SSSR count). The maximum atomic E-state index is 12.5. The molecule has 0 aromatic heterocycles. The van der Waals surface area contributed by atoms with Crippen molar-refractivity contribution in [1.29, 1.82) is 0 Å². The number of hydrogen-bond acceptors (Lipinski definition) is 4. The number of para-hydroxylation sites is 1. The van der Waals surface area contributed by atoms with Gasteiger partial charge in [-0.3, -0.25) is 4.79 Å². The predicted molar refractivity (Wildman–Crippen MR) is 80.8 cm³/mol. The van der Waals surface area contributed by atoms with Gasteiger partial charge < -0.3 is 20.1 Å². The highest BCUT2D eigenvalue weighted by atomic mass is 16.5. The highest BCUT2D eigenvalue weighted by Crippen LogP contribution is 2.26. The van der Waals surface area contributed by atoms with Crippen LogP contribution in [0.15, 0.2) is 18.2 Å². The number of anilines is 1. The molecule has 1 aromatic carbocycles. The Morgan fingerprint density at radius 2 is 2.43 bits per heavy atom. The molecule has 5 nitrogen and oxygen atoms in total. The van der Waals surface area contributed by atoms with Crippen LogP contribution >= 0.6 is 0 Å². The molecule has 5 heteroatoms. The molecule has 21 heavy (non-hydrogen) atoms. The molecule has 0 aliphatic carbocycles. The molecular formula is C16H22N2O3. The van der Waals surface area contributed by atoms with Crippen molar-refractivity contribution in [2.24, 2.45) is 0 Å². The van der Waals surface area contributed by atoms with Crippen molar-refractivity contribution in [3.05, 3.63) is 29.3 Å². The van der Waals surface area contributed by atoms with Crippen molar-refractivity contribution in [3.8, 4) is 0 Å². The molecular weight excluding hydrogens is 268 g/mol. The Balaban J connectivity index is 1.71. The van der Waals surface area contributed by atoms with Gasteiger partial charge in [0.2, 0.25) is 0 Å². The molecule has 1 amide bonds. The summed E-state index contributed by atoms with van der Waals surface area (Å²) in [6, 6.07) is 5.91. The van der Waals surface area contributed by atoms with E-state index in [0.717, 1.165) is 37.1 Å². The lowest BCUT2D eigenvalue weighted by molar-refractivity contribution is -0.0148.